The summed E-state index contributed by atoms with van der Waals surface area (Å²) in [6.45, 7) is 2.72. The monoisotopic (exact) mass is 495 g/mol. The van der Waals surface area contributed by atoms with Crippen molar-refractivity contribution in [1.29, 1.82) is 0 Å². The van der Waals surface area contributed by atoms with Gasteiger partial charge in [-0.25, -0.2) is 8.42 Å². The van der Waals surface area contributed by atoms with Crippen molar-refractivity contribution in [2.24, 2.45) is 0 Å². The molecule has 7 nitrogen and oxygen atoms in total. The molecule has 186 valence electrons. The van der Waals surface area contributed by atoms with Crippen molar-refractivity contribution < 1.29 is 17.9 Å². The van der Waals surface area contributed by atoms with Gasteiger partial charge in [0, 0.05) is 49.7 Å². The number of H-pyrrole nitrogens is 1. The van der Waals surface area contributed by atoms with Gasteiger partial charge in [0.25, 0.3) is 0 Å². The quantitative estimate of drug-likeness (QED) is 0.530. The summed E-state index contributed by atoms with van der Waals surface area (Å²) >= 11 is 0. The summed E-state index contributed by atoms with van der Waals surface area (Å²) < 4.78 is 32.3. The first-order valence-electron chi connectivity index (χ1n) is 12.5. The first-order valence-corrected chi connectivity index (χ1v) is 13.9. The Labute approximate surface area is 207 Å². The van der Waals surface area contributed by atoms with Gasteiger partial charge in [-0.2, -0.15) is 4.31 Å². The van der Waals surface area contributed by atoms with E-state index in [1.165, 1.54) is 10.9 Å². The molecule has 0 bridgehead atoms. The van der Waals surface area contributed by atoms with Gasteiger partial charge in [-0.3, -0.25) is 4.79 Å². The number of piperidine rings is 1. The van der Waals surface area contributed by atoms with Crippen molar-refractivity contribution >= 4 is 26.8 Å². The van der Waals surface area contributed by atoms with E-state index in [0.29, 0.717) is 36.7 Å². The Morgan fingerprint density at radius 2 is 1.74 bits per heavy atom. The molecule has 0 radical (unpaired) electrons. The first kappa shape index (κ1) is 23.9. The van der Waals surface area contributed by atoms with E-state index in [1.807, 2.05) is 29.2 Å². The van der Waals surface area contributed by atoms with Crippen LogP contribution in [0.1, 0.15) is 49.1 Å². The molecule has 0 spiro atoms. The summed E-state index contributed by atoms with van der Waals surface area (Å²) in [7, 11) is -1.71. The predicted octanol–water partition coefficient (Wildman–Crippen LogP) is 4.30. The molecule has 1 amide bonds. The number of aromatic nitrogens is 1. The summed E-state index contributed by atoms with van der Waals surface area (Å²) in [5.41, 5.74) is 3.40. The number of sulfonamides is 1. The third-order valence-corrected chi connectivity index (χ3v) is 9.37. The molecule has 2 saturated heterocycles. The van der Waals surface area contributed by atoms with Crippen LogP contribution in [-0.4, -0.2) is 61.8 Å². The standard InChI is InChI=1S/C27H33N3O4S/c1-34-22-7-10-26-24(18-22)25(19-28-26)21-12-16-29(17-13-21)27(31)11-6-20-4-8-23(9-5-20)35(32,33)30-14-2-3-15-30/h4-5,7-10,18-19,21,28H,2-3,6,11-17H2,1H3. The summed E-state index contributed by atoms with van der Waals surface area (Å²) in [6, 6.07) is 13.1. The van der Waals surface area contributed by atoms with Crippen LogP contribution >= 0.6 is 0 Å². The van der Waals surface area contributed by atoms with Gasteiger partial charge in [-0.05, 0) is 79.5 Å². The molecule has 1 aromatic heterocycles. The minimum absolute atomic E-state index is 0.165. The van der Waals surface area contributed by atoms with Crippen LogP contribution < -0.4 is 4.74 Å². The Balaban J connectivity index is 1.14. The van der Waals surface area contributed by atoms with Gasteiger partial charge in [-0.15, -0.1) is 0 Å². The molecule has 0 aliphatic carbocycles. The van der Waals surface area contributed by atoms with Gasteiger partial charge in [0.2, 0.25) is 15.9 Å². The first-order chi connectivity index (χ1) is 17.0. The zero-order valence-corrected chi connectivity index (χ0v) is 21.0. The average molecular weight is 496 g/mol. The van der Waals surface area contributed by atoms with Gasteiger partial charge in [0.1, 0.15) is 5.75 Å². The molecule has 0 atom stereocenters. The number of amides is 1. The molecule has 2 aliphatic heterocycles. The second kappa shape index (κ2) is 10.0. The Bertz CT molecular complexity index is 1290. The van der Waals surface area contributed by atoms with Crippen LogP contribution in [-0.2, 0) is 21.2 Å². The second-order valence-corrected chi connectivity index (χ2v) is 11.5. The number of ether oxygens (including phenoxy) is 1. The minimum atomic E-state index is -3.40. The van der Waals surface area contributed by atoms with Crippen LogP contribution in [0.15, 0.2) is 53.6 Å². The van der Waals surface area contributed by atoms with Crippen LogP contribution in [0.5, 0.6) is 5.75 Å². The molecule has 2 fully saturated rings. The number of nitrogens with zero attached hydrogens (tertiary/aromatic N) is 2. The molecule has 3 aromatic rings. The van der Waals surface area contributed by atoms with Crippen molar-refractivity contribution in [3.63, 3.8) is 0 Å². The second-order valence-electron chi connectivity index (χ2n) is 9.57. The largest absolute Gasteiger partial charge is 0.497 e. The zero-order chi connectivity index (χ0) is 24.4. The van der Waals surface area contributed by atoms with Gasteiger partial charge < -0.3 is 14.6 Å². The summed E-state index contributed by atoms with van der Waals surface area (Å²) in [6.07, 6.45) is 6.89. The number of likely N-dealkylation sites (tertiary alicyclic amines) is 1. The number of aryl methyl sites for hydroxylation is 1. The lowest BCUT2D eigenvalue weighted by molar-refractivity contribution is -0.132. The lowest BCUT2D eigenvalue weighted by Gasteiger charge is -2.32. The maximum atomic E-state index is 12.9. The normalized spacial score (nSPS) is 17.8. The number of methoxy groups -OCH3 is 1. The minimum Gasteiger partial charge on any atom is -0.497 e. The molecule has 3 heterocycles. The SMILES string of the molecule is COc1ccc2[nH]cc(C3CCN(C(=O)CCc4ccc(S(=O)(=O)N5CCCC5)cc4)CC3)c2c1. The number of carbonyl (C=O) groups excluding carboxylic acids is 1. The Morgan fingerprint density at radius 1 is 1.03 bits per heavy atom. The van der Waals surface area contributed by atoms with Crippen molar-refractivity contribution in [2.75, 3.05) is 33.3 Å². The number of carbonyl (C=O) groups is 1. The highest BCUT2D eigenvalue weighted by atomic mass is 32.2. The zero-order valence-electron chi connectivity index (χ0n) is 20.2. The van der Waals surface area contributed by atoms with Crippen LogP contribution in [0.2, 0.25) is 0 Å². The molecule has 0 unspecified atom stereocenters. The molecule has 2 aliphatic rings. The number of rotatable bonds is 7. The van der Waals surface area contributed by atoms with Crippen LogP contribution in [0, 0.1) is 0 Å². The van der Waals surface area contributed by atoms with Crippen molar-refractivity contribution in [3.8, 4) is 5.75 Å². The third kappa shape index (κ3) is 4.95. The van der Waals surface area contributed by atoms with E-state index < -0.39 is 10.0 Å². The lowest BCUT2D eigenvalue weighted by atomic mass is 9.89. The number of hydrogen-bond donors (Lipinski definition) is 1. The topological polar surface area (TPSA) is 82.7 Å². The summed E-state index contributed by atoms with van der Waals surface area (Å²) in [4.78, 5) is 18.5. The highest BCUT2D eigenvalue weighted by Crippen LogP contribution is 2.35. The fraction of sp³-hybridized carbons (Fsp3) is 0.444. The number of nitrogens with one attached hydrogen (secondary N) is 1. The van der Waals surface area contributed by atoms with E-state index in [4.69, 9.17) is 4.74 Å². The maximum Gasteiger partial charge on any atom is 0.243 e. The van der Waals surface area contributed by atoms with Crippen LogP contribution in [0.4, 0.5) is 0 Å². The number of fused-ring (bicyclic) bond motifs is 1. The molecular weight excluding hydrogens is 462 g/mol. The lowest BCUT2D eigenvalue weighted by Crippen LogP contribution is -2.38. The van der Waals surface area contributed by atoms with E-state index in [9.17, 15) is 13.2 Å². The fourth-order valence-corrected chi connectivity index (χ4v) is 6.86. The van der Waals surface area contributed by atoms with Gasteiger partial charge >= 0.3 is 0 Å². The van der Waals surface area contributed by atoms with Gasteiger partial charge in [0.15, 0.2) is 0 Å². The van der Waals surface area contributed by atoms with Crippen molar-refractivity contribution in [2.45, 2.75) is 49.3 Å². The number of hydrogen-bond acceptors (Lipinski definition) is 4. The predicted molar refractivity (Wildman–Crippen MR) is 136 cm³/mol. The summed E-state index contributed by atoms with van der Waals surface area (Å²) in [5, 5.41) is 1.20. The van der Waals surface area contributed by atoms with E-state index in [1.54, 1.807) is 23.5 Å². The van der Waals surface area contributed by atoms with E-state index >= 15 is 0 Å². The van der Waals surface area contributed by atoms with Gasteiger partial charge in [0.05, 0.1) is 12.0 Å². The molecule has 0 saturated carbocycles. The Morgan fingerprint density at radius 3 is 2.43 bits per heavy atom. The van der Waals surface area contributed by atoms with Gasteiger partial charge in [-0.1, -0.05) is 12.1 Å². The van der Waals surface area contributed by atoms with Crippen molar-refractivity contribution in [1.82, 2.24) is 14.2 Å². The smallest absolute Gasteiger partial charge is 0.243 e. The highest BCUT2D eigenvalue weighted by Gasteiger charge is 2.27. The summed E-state index contributed by atoms with van der Waals surface area (Å²) in [5.74, 6) is 1.44. The molecule has 5 rings (SSSR count). The third-order valence-electron chi connectivity index (χ3n) is 7.46. The Hall–Kier alpha value is -2.84. The van der Waals surface area contributed by atoms with E-state index in [-0.39, 0.29) is 5.91 Å². The molecule has 2 aromatic carbocycles. The van der Waals surface area contributed by atoms with E-state index in [0.717, 1.165) is 55.6 Å². The molecular formula is C27H33N3O4S. The van der Waals surface area contributed by atoms with Crippen LogP contribution in [0.3, 0.4) is 0 Å². The number of aromatic amines is 1. The van der Waals surface area contributed by atoms with Crippen molar-refractivity contribution in [3.05, 3.63) is 59.8 Å². The number of benzene rings is 2. The fourth-order valence-electron chi connectivity index (χ4n) is 5.34. The molecule has 8 heteroatoms. The van der Waals surface area contributed by atoms with Crippen LogP contribution in [0.25, 0.3) is 10.9 Å². The van der Waals surface area contributed by atoms with E-state index in [2.05, 4.69) is 17.2 Å². The maximum absolute atomic E-state index is 12.9. The molecule has 1 N–H and O–H groups in total. The average Bonchev–Trinajstić information content (AvgIpc) is 3.58. The highest BCUT2D eigenvalue weighted by molar-refractivity contribution is 7.89. The molecule has 35 heavy (non-hydrogen) atoms. The Kier molecular flexibility index (Phi) is 6.84.